The van der Waals surface area contributed by atoms with Gasteiger partial charge in [-0.2, -0.15) is 9.36 Å². The number of benzene rings is 1. The number of carboxylic acids is 1. The topological polar surface area (TPSA) is 87.6 Å². The Morgan fingerprint density at radius 3 is 2.59 bits per heavy atom. The van der Waals surface area contributed by atoms with Gasteiger partial charge in [0, 0.05) is 31.2 Å². The monoisotopic (exact) mass is 480 g/mol. The van der Waals surface area contributed by atoms with Crippen LogP contribution in [-0.4, -0.2) is 46.2 Å². The highest BCUT2D eigenvalue weighted by Crippen LogP contribution is 2.38. The van der Waals surface area contributed by atoms with Crippen LogP contribution in [0.1, 0.15) is 64.4 Å². The van der Waals surface area contributed by atoms with E-state index in [1.54, 1.807) is 7.11 Å². The first-order valence-electron chi connectivity index (χ1n) is 11.2. The Bertz CT molecular complexity index is 899. The largest absolute Gasteiger partial charge is 0.481 e. The third-order valence-corrected chi connectivity index (χ3v) is 6.90. The van der Waals surface area contributed by atoms with E-state index in [9.17, 15) is 9.90 Å². The lowest BCUT2D eigenvalue weighted by Gasteiger charge is -2.40. The zero-order chi connectivity index (χ0) is 23.3. The van der Waals surface area contributed by atoms with Crippen LogP contribution in [0.25, 0.3) is 0 Å². The number of hydrogen-bond donors (Lipinski definition) is 2. The molecule has 0 aliphatic heterocycles. The van der Waals surface area contributed by atoms with Crippen molar-refractivity contribution in [3.63, 3.8) is 0 Å². The molecule has 3 rings (SSSR count). The van der Waals surface area contributed by atoms with Crippen molar-refractivity contribution < 1.29 is 14.6 Å². The number of anilines is 3. The fourth-order valence-corrected chi connectivity index (χ4v) is 5.12. The maximum absolute atomic E-state index is 11.3. The highest BCUT2D eigenvalue weighted by atomic mass is 35.5. The number of rotatable bonds is 10. The molecule has 1 aliphatic rings. The summed E-state index contributed by atoms with van der Waals surface area (Å²) in [4.78, 5) is 18.0. The van der Waals surface area contributed by atoms with Crippen molar-refractivity contribution in [1.82, 2.24) is 9.36 Å². The Kier molecular flexibility index (Phi) is 8.73. The minimum Gasteiger partial charge on any atom is -0.481 e. The zero-order valence-corrected chi connectivity index (χ0v) is 20.7. The van der Waals surface area contributed by atoms with Crippen molar-refractivity contribution in [2.45, 2.75) is 70.9 Å². The third-order valence-electron chi connectivity index (χ3n) is 6.00. The van der Waals surface area contributed by atoms with Crippen LogP contribution in [0.3, 0.4) is 0 Å². The predicted molar refractivity (Wildman–Crippen MR) is 131 cm³/mol. The van der Waals surface area contributed by atoms with Crippen LogP contribution >= 0.6 is 23.1 Å². The molecule has 7 nitrogen and oxygen atoms in total. The van der Waals surface area contributed by atoms with Crippen LogP contribution in [0.4, 0.5) is 16.5 Å². The molecule has 1 atom stereocenters. The molecule has 0 unspecified atom stereocenters. The van der Waals surface area contributed by atoms with Crippen LogP contribution in [0.15, 0.2) is 18.2 Å². The molecule has 1 aliphatic carbocycles. The Balaban J connectivity index is 1.96. The minimum atomic E-state index is -0.802. The summed E-state index contributed by atoms with van der Waals surface area (Å²) in [6.07, 6.45) is 4.68. The molecule has 1 aromatic carbocycles. The lowest BCUT2D eigenvalue weighted by molar-refractivity contribution is -0.137. The minimum absolute atomic E-state index is 0.0835. The van der Waals surface area contributed by atoms with E-state index in [-0.39, 0.29) is 17.6 Å². The number of aromatic nitrogens is 2. The summed E-state index contributed by atoms with van der Waals surface area (Å²) < 4.78 is 9.65. The van der Waals surface area contributed by atoms with Crippen LogP contribution in [0.5, 0.6) is 0 Å². The number of nitrogens with zero attached hydrogens (tertiary/aromatic N) is 3. The molecule has 32 heavy (non-hydrogen) atoms. The molecule has 0 amide bonds. The molecular weight excluding hydrogens is 448 g/mol. The quantitative estimate of drug-likeness (QED) is 0.435. The fraction of sp³-hybridized carbons (Fsp3) is 0.609. The van der Waals surface area contributed by atoms with Crippen molar-refractivity contribution in [3.05, 3.63) is 29.0 Å². The van der Waals surface area contributed by atoms with Gasteiger partial charge in [-0.3, -0.25) is 4.79 Å². The number of nitrogens with one attached hydrogen (secondary N) is 1. The number of carbonyl (C=O) groups is 1. The average molecular weight is 481 g/mol. The number of aliphatic carboxylic acids is 1. The standard InChI is InChI=1S/C23H33ClN4O3S/c1-14(2)13-28(17-6-8-18(31-4)9-7-17)20-10-5-16(15(3)11-21(29)30)12-19(20)25-23-26-22(24)27-32-23/h5,10,12,14-15,17-18H,6-9,11,13H2,1-4H3,(H,29,30)(H,25,26,27)/t15-,17?,18?/m1/s1. The Morgan fingerprint density at radius 1 is 1.31 bits per heavy atom. The van der Waals surface area contributed by atoms with E-state index in [1.165, 1.54) is 11.5 Å². The summed E-state index contributed by atoms with van der Waals surface area (Å²) in [5.74, 6) is -0.413. The molecule has 0 bridgehead atoms. The van der Waals surface area contributed by atoms with Gasteiger partial charge in [0.15, 0.2) is 0 Å². The average Bonchev–Trinajstić information content (AvgIpc) is 3.16. The first-order chi connectivity index (χ1) is 15.3. The SMILES string of the molecule is COC1CCC(N(CC(C)C)c2ccc([C@H](C)CC(=O)O)cc2Nc2nc(Cl)ns2)CC1. The number of halogens is 1. The summed E-state index contributed by atoms with van der Waals surface area (Å²) >= 11 is 7.16. The summed E-state index contributed by atoms with van der Waals surface area (Å²) in [6.45, 7) is 7.33. The van der Waals surface area contributed by atoms with Gasteiger partial charge in [0.25, 0.3) is 0 Å². The first kappa shape index (κ1) is 24.7. The zero-order valence-electron chi connectivity index (χ0n) is 19.2. The second-order valence-corrected chi connectivity index (χ2v) is 10.1. The normalized spacial score (nSPS) is 19.7. The predicted octanol–water partition coefficient (Wildman–Crippen LogP) is 5.93. The Morgan fingerprint density at radius 2 is 2.03 bits per heavy atom. The van der Waals surface area contributed by atoms with Gasteiger partial charge in [-0.05, 0) is 66.8 Å². The molecule has 1 fully saturated rings. The van der Waals surface area contributed by atoms with Crippen molar-refractivity contribution >= 4 is 45.6 Å². The van der Waals surface area contributed by atoms with Gasteiger partial charge in [-0.15, -0.1) is 0 Å². The van der Waals surface area contributed by atoms with Crippen molar-refractivity contribution in [2.24, 2.45) is 5.92 Å². The molecule has 1 aromatic heterocycles. The van der Waals surface area contributed by atoms with E-state index in [0.717, 1.165) is 49.2 Å². The van der Waals surface area contributed by atoms with E-state index >= 15 is 0 Å². The summed E-state index contributed by atoms with van der Waals surface area (Å²) in [5, 5.41) is 13.5. The van der Waals surface area contributed by atoms with Gasteiger partial charge in [-0.1, -0.05) is 26.8 Å². The fourth-order valence-electron chi connectivity index (χ4n) is 4.39. The number of hydrogen-bond acceptors (Lipinski definition) is 7. The number of ether oxygens (including phenoxy) is 1. The van der Waals surface area contributed by atoms with Crippen LogP contribution in [-0.2, 0) is 9.53 Å². The second kappa shape index (κ2) is 11.3. The van der Waals surface area contributed by atoms with E-state index < -0.39 is 5.97 Å². The smallest absolute Gasteiger partial charge is 0.303 e. The number of methoxy groups -OCH3 is 1. The van der Waals surface area contributed by atoms with Gasteiger partial charge >= 0.3 is 5.97 Å². The van der Waals surface area contributed by atoms with Crippen molar-refractivity contribution in [1.29, 1.82) is 0 Å². The Hall–Kier alpha value is -1.90. The summed E-state index contributed by atoms with van der Waals surface area (Å²) in [6, 6.07) is 6.63. The maximum atomic E-state index is 11.3. The van der Waals surface area contributed by atoms with Crippen LogP contribution < -0.4 is 10.2 Å². The van der Waals surface area contributed by atoms with Gasteiger partial charge in [-0.25, -0.2) is 0 Å². The lowest BCUT2D eigenvalue weighted by atomic mass is 9.90. The molecule has 9 heteroatoms. The molecule has 2 N–H and O–H groups in total. The van der Waals surface area contributed by atoms with Gasteiger partial charge in [0.1, 0.15) is 0 Å². The van der Waals surface area contributed by atoms with E-state index in [2.05, 4.69) is 45.6 Å². The molecule has 0 radical (unpaired) electrons. The van der Waals surface area contributed by atoms with Crippen molar-refractivity contribution in [3.8, 4) is 0 Å². The molecular formula is C23H33ClN4O3S. The third kappa shape index (κ3) is 6.56. The van der Waals surface area contributed by atoms with E-state index in [0.29, 0.717) is 23.2 Å². The van der Waals surface area contributed by atoms with Crippen molar-refractivity contribution in [2.75, 3.05) is 23.9 Å². The molecule has 176 valence electrons. The second-order valence-electron chi connectivity index (χ2n) is 8.98. The molecule has 1 saturated carbocycles. The molecule has 0 saturated heterocycles. The van der Waals surface area contributed by atoms with E-state index in [4.69, 9.17) is 16.3 Å². The summed E-state index contributed by atoms with van der Waals surface area (Å²) in [7, 11) is 1.79. The highest BCUT2D eigenvalue weighted by molar-refractivity contribution is 7.10. The molecule has 1 heterocycles. The number of carboxylic acid groups (broad SMARTS) is 1. The van der Waals surface area contributed by atoms with Gasteiger partial charge in [0.2, 0.25) is 10.4 Å². The molecule has 2 aromatic rings. The Labute approximate surface area is 199 Å². The maximum Gasteiger partial charge on any atom is 0.303 e. The van der Waals surface area contributed by atoms with Gasteiger partial charge in [0.05, 0.1) is 23.9 Å². The lowest BCUT2D eigenvalue weighted by Crippen LogP contribution is -2.41. The van der Waals surface area contributed by atoms with Crippen LogP contribution in [0, 0.1) is 5.92 Å². The van der Waals surface area contributed by atoms with Crippen LogP contribution in [0.2, 0.25) is 5.28 Å². The highest BCUT2D eigenvalue weighted by Gasteiger charge is 2.28. The van der Waals surface area contributed by atoms with E-state index in [1.807, 2.05) is 13.0 Å². The van der Waals surface area contributed by atoms with Gasteiger partial charge < -0.3 is 20.1 Å². The first-order valence-corrected chi connectivity index (χ1v) is 12.3. The summed E-state index contributed by atoms with van der Waals surface area (Å²) in [5.41, 5.74) is 2.97. The molecule has 0 spiro atoms.